The SMILES string of the molecule is C.C.C.Cc1cc2c([nH]c1=O)CCCC2.Cc1cc2c([nH]c1=O)CCOC2.Cc1ccc2n(c1=O)CCC2.[B][B].[B][B].[B][B]. The summed E-state index contributed by atoms with van der Waals surface area (Å²) in [5.74, 6) is 0. The number of pyridine rings is 3. The Balaban J connectivity index is -0.000000512. The third-order valence-corrected chi connectivity index (χ3v) is 6.95. The van der Waals surface area contributed by atoms with E-state index in [1.165, 1.54) is 24.1 Å². The van der Waals surface area contributed by atoms with Gasteiger partial charge in [-0.2, -0.15) is 0 Å². The molecule has 0 saturated heterocycles. The van der Waals surface area contributed by atoms with Crippen molar-refractivity contribution in [2.24, 2.45) is 0 Å². The van der Waals surface area contributed by atoms with E-state index in [-0.39, 0.29) is 39.0 Å². The standard InChI is InChI=1S/C10H13NO.C9H11NO2.C9H11NO.3CH4.3B2/c1-7-6-8-4-2-3-5-9(8)11-10(7)12;1-6-4-7-5-12-3-2-8(7)10-9(6)11;1-7-4-5-8-3-2-6-10(8)9(7)11;;;;3*1-2/h6H,2-5H2,1H3,(H,11,12);4H,2-3,5H2,1H3,(H,10,11);4-5H,2-3,6H2,1H3;3*1H4;;;. The first-order chi connectivity index (χ1) is 19.8. The Hall–Kier alpha value is -2.80. The monoisotopic (exact) mass is 591 g/mol. The van der Waals surface area contributed by atoms with Crippen LogP contribution in [0.4, 0.5) is 0 Å². The second-order valence-electron chi connectivity index (χ2n) is 9.65. The van der Waals surface area contributed by atoms with E-state index in [1.807, 2.05) is 43.5 Å². The summed E-state index contributed by atoms with van der Waals surface area (Å²) in [6.45, 7) is 7.81. The molecule has 3 aromatic heterocycles. The van der Waals surface area contributed by atoms with Crippen LogP contribution in [0, 0.1) is 20.8 Å². The molecule has 0 unspecified atom stereocenters. The number of H-pyrrole nitrogens is 2. The fourth-order valence-corrected chi connectivity index (χ4v) is 4.84. The third-order valence-electron chi connectivity index (χ3n) is 6.95. The van der Waals surface area contributed by atoms with Gasteiger partial charge in [0.2, 0.25) is 0 Å². The molecule has 3 aliphatic rings. The maximum Gasteiger partial charge on any atom is 0.253 e. The smallest absolute Gasteiger partial charge is 0.253 e. The maximum atomic E-state index is 11.4. The highest BCUT2D eigenvalue weighted by molar-refractivity contribution is 6.76. The van der Waals surface area contributed by atoms with Crippen molar-refractivity contribution in [1.82, 2.24) is 14.5 Å². The molecule has 0 atom stereocenters. The molecule has 5 heterocycles. The number of fused-ring (bicyclic) bond motifs is 3. The van der Waals surface area contributed by atoms with E-state index in [0.29, 0.717) is 13.2 Å². The van der Waals surface area contributed by atoms with Gasteiger partial charge in [0.25, 0.3) is 16.7 Å². The van der Waals surface area contributed by atoms with Crippen LogP contribution >= 0.6 is 0 Å². The molecule has 13 heteroatoms. The normalized spacial score (nSPS) is 12.6. The zero-order valence-corrected chi connectivity index (χ0v) is 24.4. The lowest BCUT2D eigenvalue weighted by atomic mass is 9.81. The van der Waals surface area contributed by atoms with Crippen molar-refractivity contribution in [1.29, 1.82) is 0 Å². The molecule has 0 saturated carbocycles. The molecule has 0 amide bonds. The predicted molar refractivity (Wildman–Crippen MR) is 192 cm³/mol. The van der Waals surface area contributed by atoms with Crippen molar-refractivity contribution in [3.05, 3.63) is 100 Å². The van der Waals surface area contributed by atoms with Gasteiger partial charge >= 0.3 is 0 Å². The Morgan fingerprint density at radius 2 is 1.18 bits per heavy atom. The number of aromatic amines is 2. The highest BCUT2D eigenvalue weighted by atomic mass is 16.5. The molecular formula is C31H47B6N3O4. The van der Waals surface area contributed by atoms with Crippen LogP contribution < -0.4 is 16.7 Å². The van der Waals surface area contributed by atoms with E-state index in [2.05, 4.69) is 62.5 Å². The van der Waals surface area contributed by atoms with Crippen molar-refractivity contribution < 1.29 is 4.74 Å². The van der Waals surface area contributed by atoms with Crippen molar-refractivity contribution in [3.8, 4) is 0 Å². The first-order valence-corrected chi connectivity index (χ1v) is 13.5. The quantitative estimate of drug-likeness (QED) is 0.394. The number of aromatic nitrogens is 3. The highest BCUT2D eigenvalue weighted by Gasteiger charge is 2.12. The number of hydrogen-bond donors (Lipinski definition) is 2. The number of nitrogens with one attached hydrogen (secondary N) is 2. The Bertz CT molecular complexity index is 1340. The topological polar surface area (TPSA) is 96.9 Å². The minimum absolute atomic E-state index is 0. The zero-order chi connectivity index (χ0) is 30.9. The third kappa shape index (κ3) is 13.1. The molecule has 2 aliphatic heterocycles. The van der Waals surface area contributed by atoms with Crippen LogP contribution in [0.1, 0.15) is 86.4 Å². The Morgan fingerprint density at radius 3 is 1.77 bits per heavy atom. The molecule has 12 radical (unpaired) electrons. The molecule has 0 aromatic carbocycles. The Labute approximate surface area is 273 Å². The van der Waals surface area contributed by atoms with Crippen molar-refractivity contribution >= 4 is 46.4 Å². The van der Waals surface area contributed by atoms with Crippen LogP contribution in [-0.4, -0.2) is 67.6 Å². The summed E-state index contributed by atoms with van der Waals surface area (Å²) in [7, 11) is 24.0. The van der Waals surface area contributed by atoms with Gasteiger partial charge in [0.1, 0.15) is 0 Å². The Morgan fingerprint density at radius 1 is 0.659 bits per heavy atom. The lowest BCUT2D eigenvalue weighted by Gasteiger charge is -2.15. The second-order valence-corrected chi connectivity index (χ2v) is 9.65. The summed E-state index contributed by atoms with van der Waals surface area (Å²) in [4.78, 5) is 39.7. The van der Waals surface area contributed by atoms with E-state index in [4.69, 9.17) is 4.74 Å². The summed E-state index contributed by atoms with van der Waals surface area (Å²) < 4.78 is 7.15. The minimum Gasteiger partial charge on any atom is -0.376 e. The van der Waals surface area contributed by atoms with Gasteiger partial charge in [-0.25, -0.2) is 0 Å². The molecule has 0 spiro atoms. The molecule has 0 bridgehead atoms. The molecule has 7 nitrogen and oxygen atoms in total. The molecule has 3 aromatic rings. The van der Waals surface area contributed by atoms with Crippen LogP contribution in [-0.2, 0) is 43.6 Å². The average molecular weight is 591 g/mol. The first-order valence-electron chi connectivity index (χ1n) is 13.5. The van der Waals surface area contributed by atoms with Gasteiger partial charge in [0.05, 0.1) is 13.2 Å². The van der Waals surface area contributed by atoms with Gasteiger partial charge in [-0.05, 0) is 88.6 Å². The van der Waals surface area contributed by atoms with Crippen molar-refractivity contribution in [3.63, 3.8) is 0 Å². The second kappa shape index (κ2) is 24.5. The molecule has 1 aliphatic carbocycles. The largest absolute Gasteiger partial charge is 0.376 e. The van der Waals surface area contributed by atoms with Gasteiger partial charge in [-0.15, -0.1) is 0 Å². The summed E-state index contributed by atoms with van der Waals surface area (Å²) in [6.07, 6.45) is 7.67. The summed E-state index contributed by atoms with van der Waals surface area (Å²) in [6, 6.07) is 7.92. The van der Waals surface area contributed by atoms with Crippen molar-refractivity contribution in [2.45, 2.75) is 101 Å². The van der Waals surface area contributed by atoms with E-state index < -0.39 is 0 Å². The van der Waals surface area contributed by atoms with Gasteiger partial charge in [-0.3, -0.25) is 14.4 Å². The van der Waals surface area contributed by atoms with Crippen LogP contribution in [0.15, 0.2) is 38.6 Å². The maximum absolute atomic E-state index is 11.4. The first kappa shape index (κ1) is 45.6. The molecular weight excluding hydrogens is 543 g/mol. The van der Waals surface area contributed by atoms with E-state index >= 15 is 0 Å². The van der Waals surface area contributed by atoms with Gasteiger partial charge in [0, 0.05) is 93.2 Å². The zero-order valence-electron chi connectivity index (χ0n) is 24.4. The molecule has 44 heavy (non-hydrogen) atoms. The van der Waals surface area contributed by atoms with Gasteiger partial charge in [0.15, 0.2) is 0 Å². The average Bonchev–Trinajstić information content (AvgIpc) is 3.50. The molecule has 228 valence electrons. The fraction of sp³-hybridized carbons (Fsp3) is 0.516. The molecule has 2 N–H and O–H groups in total. The fourth-order valence-electron chi connectivity index (χ4n) is 4.84. The van der Waals surface area contributed by atoms with Crippen LogP contribution in [0.2, 0.25) is 0 Å². The summed E-state index contributed by atoms with van der Waals surface area (Å²) >= 11 is 0. The van der Waals surface area contributed by atoms with Gasteiger partial charge in [-0.1, -0.05) is 28.3 Å². The van der Waals surface area contributed by atoms with E-state index in [1.54, 1.807) is 0 Å². The molecule has 6 rings (SSSR count). The van der Waals surface area contributed by atoms with E-state index in [9.17, 15) is 14.4 Å². The van der Waals surface area contributed by atoms with Gasteiger partial charge < -0.3 is 19.3 Å². The minimum atomic E-state index is 0. The predicted octanol–water partition coefficient (Wildman–Crippen LogP) is 3.04. The van der Waals surface area contributed by atoms with Crippen LogP contribution in [0.5, 0.6) is 0 Å². The lowest BCUT2D eigenvalue weighted by Crippen LogP contribution is -2.20. The summed E-state index contributed by atoms with van der Waals surface area (Å²) in [5.41, 5.74) is 8.63. The number of aryl methyl sites for hydroxylation is 6. The van der Waals surface area contributed by atoms with E-state index in [0.717, 1.165) is 72.3 Å². The van der Waals surface area contributed by atoms with Crippen LogP contribution in [0.25, 0.3) is 0 Å². The highest BCUT2D eigenvalue weighted by Crippen LogP contribution is 2.18. The Kier molecular flexibility index (Phi) is 25.4. The number of rotatable bonds is 0. The number of nitrogens with zero attached hydrogens (tertiary/aromatic N) is 1. The van der Waals surface area contributed by atoms with Crippen LogP contribution in [0.3, 0.4) is 0 Å². The lowest BCUT2D eigenvalue weighted by molar-refractivity contribution is 0.109. The summed E-state index contributed by atoms with van der Waals surface area (Å²) in [5, 5.41) is 0. The van der Waals surface area contributed by atoms with Crippen molar-refractivity contribution in [2.75, 3.05) is 6.61 Å². The number of hydrogen-bond acceptors (Lipinski definition) is 4. The number of ether oxygens (including phenoxy) is 1. The molecule has 0 fully saturated rings.